The van der Waals surface area contributed by atoms with E-state index in [4.69, 9.17) is 5.73 Å². The summed E-state index contributed by atoms with van der Waals surface area (Å²) < 4.78 is 0. The lowest BCUT2D eigenvalue weighted by atomic mass is 10.1. The molecule has 1 heterocycles. The highest BCUT2D eigenvalue weighted by atomic mass is 16.1. The lowest BCUT2D eigenvalue weighted by Crippen LogP contribution is -2.14. The predicted octanol–water partition coefficient (Wildman–Crippen LogP) is 1.21. The van der Waals surface area contributed by atoms with E-state index in [1.807, 2.05) is 13.8 Å². The van der Waals surface area contributed by atoms with Crippen LogP contribution in [-0.2, 0) is 4.79 Å². The second kappa shape index (κ2) is 4.03. The molecular weight excluding hydrogens is 164 g/mol. The standard InChI is InChI=1S/C10H14N2O/c1-3-9(13)10-7(2)6-8(11)4-5-12-10/h4,6H,3,5,11H2,1-2H3. The molecule has 0 spiro atoms. The summed E-state index contributed by atoms with van der Waals surface area (Å²) in [5, 5.41) is 0. The molecule has 0 aliphatic carbocycles. The molecule has 0 fully saturated rings. The van der Waals surface area contributed by atoms with E-state index in [0.29, 0.717) is 24.4 Å². The van der Waals surface area contributed by atoms with Crippen LogP contribution in [0.1, 0.15) is 20.3 Å². The Bertz CT molecular complexity index is 311. The minimum absolute atomic E-state index is 0.0804. The van der Waals surface area contributed by atoms with E-state index in [-0.39, 0.29) is 5.78 Å². The van der Waals surface area contributed by atoms with Gasteiger partial charge >= 0.3 is 0 Å². The fourth-order valence-corrected chi connectivity index (χ4v) is 1.22. The van der Waals surface area contributed by atoms with Gasteiger partial charge in [0.1, 0.15) is 5.71 Å². The molecule has 0 aromatic carbocycles. The number of nitrogens with two attached hydrogens (primary N) is 1. The first-order valence-corrected chi connectivity index (χ1v) is 4.37. The third kappa shape index (κ3) is 2.28. The minimum Gasteiger partial charge on any atom is -0.399 e. The average Bonchev–Trinajstić information content (AvgIpc) is 2.25. The summed E-state index contributed by atoms with van der Waals surface area (Å²) >= 11 is 0. The topological polar surface area (TPSA) is 55.5 Å². The van der Waals surface area contributed by atoms with Gasteiger partial charge in [-0.25, -0.2) is 0 Å². The second-order valence-electron chi connectivity index (χ2n) is 3.00. The van der Waals surface area contributed by atoms with Crippen molar-refractivity contribution in [2.45, 2.75) is 20.3 Å². The number of hydrogen-bond acceptors (Lipinski definition) is 3. The van der Waals surface area contributed by atoms with Gasteiger partial charge in [0.05, 0.1) is 6.54 Å². The Labute approximate surface area is 78.0 Å². The highest BCUT2D eigenvalue weighted by Gasteiger charge is 2.12. The highest BCUT2D eigenvalue weighted by Crippen LogP contribution is 2.07. The van der Waals surface area contributed by atoms with Crippen LogP contribution in [0, 0.1) is 0 Å². The van der Waals surface area contributed by atoms with Crippen LogP contribution in [-0.4, -0.2) is 18.0 Å². The molecule has 3 heteroatoms. The Morgan fingerprint density at radius 3 is 3.00 bits per heavy atom. The van der Waals surface area contributed by atoms with Gasteiger partial charge in [0.2, 0.25) is 0 Å². The molecule has 0 amide bonds. The molecule has 0 aromatic heterocycles. The molecule has 1 aliphatic rings. The number of hydrogen-bond donors (Lipinski definition) is 1. The molecule has 0 radical (unpaired) electrons. The van der Waals surface area contributed by atoms with Crippen molar-refractivity contribution in [1.29, 1.82) is 0 Å². The molecule has 2 N–H and O–H groups in total. The number of allylic oxidation sites excluding steroid dienone is 2. The van der Waals surface area contributed by atoms with Crippen molar-refractivity contribution in [3.8, 4) is 0 Å². The first kappa shape index (κ1) is 9.71. The maximum atomic E-state index is 11.4. The minimum atomic E-state index is 0.0804. The molecule has 13 heavy (non-hydrogen) atoms. The number of nitrogens with zero attached hydrogens (tertiary/aromatic N) is 1. The number of ketones is 1. The molecule has 0 bridgehead atoms. The third-order valence-corrected chi connectivity index (χ3v) is 1.92. The van der Waals surface area contributed by atoms with Crippen molar-refractivity contribution in [2.75, 3.05) is 6.54 Å². The molecule has 3 nitrogen and oxygen atoms in total. The number of aliphatic imine (C=N–C) groups is 1. The van der Waals surface area contributed by atoms with Gasteiger partial charge in [0, 0.05) is 12.1 Å². The Morgan fingerprint density at radius 1 is 1.69 bits per heavy atom. The largest absolute Gasteiger partial charge is 0.399 e. The predicted molar refractivity (Wildman–Crippen MR) is 53.6 cm³/mol. The van der Waals surface area contributed by atoms with Gasteiger partial charge < -0.3 is 5.73 Å². The monoisotopic (exact) mass is 178 g/mol. The summed E-state index contributed by atoms with van der Waals surface area (Å²) in [6, 6.07) is 0. The average molecular weight is 178 g/mol. The quantitative estimate of drug-likeness (QED) is 0.691. The van der Waals surface area contributed by atoms with Crippen molar-refractivity contribution in [1.82, 2.24) is 0 Å². The van der Waals surface area contributed by atoms with Crippen LogP contribution in [0.2, 0.25) is 0 Å². The summed E-state index contributed by atoms with van der Waals surface area (Å²) in [6.07, 6.45) is 4.09. The van der Waals surface area contributed by atoms with Crippen LogP contribution in [0.3, 0.4) is 0 Å². The van der Waals surface area contributed by atoms with Crippen molar-refractivity contribution in [3.63, 3.8) is 0 Å². The van der Waals surface area contributed by atoms with E-state index in [1.165, 1.54) is 0 Å². The Balaban J connectivity index is 2.95. The van der Waals surface area contributed by atoms with E-state index in [0.717, 1.165) is 5.57 Å². The number of carbonyl (C=O) groups excluding carboxylic acids is 1. The van der Waals surface area contributed by atoms with Gasteiger partial charge in [0.25, 0.3) is 0 Å². The summed E-state index contributed by atoms with van der Waals surface area (Å²) in [4.78, 5) is 15.6. The zero-order valence-corrected chi connectivity index (χ0v) is 8.00. The number of carbonyl (C=O) groups is 1. The summed E-state index contributed by atoms with van der Waals surface area (Å²) in [7, 11) is 0. The van der Waals surface area contributed by atoms with Crippen molar-refractivity contribution in [3.05, 3.63) is 23.4 Å². The molecular formula is C10H14N2O. The van der Waals surface area contributed by atoms with Crippen LogP contribution in [0.25, 0.3) is 0 Å². The van der Waals surface area contributed by atoms with Gasteiger partial charge in [-0.1, -0.05) is 6.92 Å². The fraction of sp³-hybridized carbons (Fsp3) is 0.400. The van der Waals surface area contributed by atoms with Gasteiger partial charge in [-0.2, -0.15) is 0 Å². The molecule has 0 saturated carbocycles. The lowest BCUT2D eigenvalue weighted by Gasteiger charge is -2.01. The van der Waals surface area contributed by atoms with E-state index >= 15 is 0 Å². The molecule has 0 unspecified atom stereocenters. The van der Waals surface area contributed by atoms with E-state index in [9.17, 15) is 4.79 Å². The second-order valence-corrected chi connectivity index (χ2v) is 3.00. The van der Waals surface area contributed by atoms with Gasteiger partial charge in [-0.3, -0.25) is 9.79 Å². The van der Waals surface area contributed by atoms with E-state index in [2.05, 4.69) is 4.99 Å². The SMILES string of the molecule is CCC(=O)C1=NCC=C(N)C=C1C. The van der Waals surface area contributed by atoms with Crippen molar-refractivity contribution >= 4 is 11.5 Å². The first-order chi connectivity index (χ1) is 6.15. The van der Waals surface area contributed by atoms with Gasteiger partial charge in [0.15, 0.2) is 5.78 Å². The maximum absolute atomic E-state index is 11.4. The Kier molecular flexibility index (Phi) is 3.01. The van der Waals surface area contributed by atoms with Crippen LogP contribution in [0.5, 0.6) is 0 Å². The molecule has 1 aliphatic heterocycles. The normalized spacial score (nSPS) is 16.9. The zero-order valence-electron chi connectivity index (χ0n) is 8.00. The number of Topliss-reactive ketones (excluding diaryl/α,β-unsaturated/α-hetero) is 1. The molecule has 70 valence electrons. The summed E-state index contributed by atoms with van der Waals surface area (Å²) in [5.41, 5.74) is 7.74. The zero-order chi connectivity index (χ0) is 9.84. The lowest BCUT2D eigenvalue weighted by molar-refractivity contribution is -0.112. The fourth-order valence-electron chi connectivity index (χ4n) is 1.22. The van der Waals surface area contributed by atoms with Gasteiger partial charge in [-0.05, 0) is 24.6 Å². The molecule has 0 atom stereocenters. The van der Waals surface area contributed by atoms with Crippen LogP contribution >= 0.6 is 0 Å². The smallest absolute Gasteiger partial charge is 0.180 e. The van der Waals surface area contributed by atoms with Crippen molar-refractivity contribution in [2.24, 2.45) is 10.7 Å². The van der Waals surface area contributed by atoms with Crippen LogP contribution in [0.4, 0.5) is 0 Å². The first-order valence-electron chi connectivity index (χ1n) is 4.37. The Morgan fingerprint density at radius 2 is 2.38 bits per heavy atom. The summed E-state index contributed by atoms with van der Waals surface area (Å²) in [6.45, 7) is 4.19. The Hall–Kier alpha value is -1.38. The highest BCUT2D eigenvalue weighted by molar-refractivity contribution is 6.46. The van der Waals surface area contributed by atoms with Gasteiger partial charge in [-0.15, -0.1) is 0 Å². The maximum Gasteiger partial charge on any atom is 0.180 e. The van der Waals surface area contributed by atoms with Crippen LogP contribution in [0.15, 0.2) is 28.4 Å². The molecule has 0 aromatic rings. The van der Waals surface area contributed by atoms with Crippen molar-refractivity contribution < 1.29 is 4.79 Å². The van der Waals surface area contributed by atoms with Crippen LogP contribution < -0.4 is 5.73 Å². The van der Waals surface area contributed by atoms with E-state index in [1.54, 1.807) is 12.2 Å². The summed E-state index contributed by atoms with van der Waals surface area (Å²) in [5.74, 6) is 0.0804. The molecule has 0 saturated heterocycles. The third-order valence-electron chi connectivity index (χ3n) is 1.92. The van der Waals surface area contributed by atoms with E-state index < -0.39 is 0 Å². The number of rotatable bonds is 2. The molecule has 1 rings (SSSR count).